The number of amides is 2. The number of rotatable bonds is 3. The standard InChI is InChI=1S/C21H26Cl2N2O3/c1-21(12-28-13-21)20(27)24-7-4-14(5-8-24)19(26)25-9-6-16(11-25)15-2-3-17(22)18(23)10-15/h2-3,10,14,16H,4-9,11-13H2,1H3/t16-/m0/s1. The molecule has 0 unspecified atom stereocenters. The Morgan fingerprint density at radius 1 is 1.04 bits per heavy atom. The van der Waals surface area contributed by atoms with E-state index in [1.54, 1.807) is 0 Å². The second-order valence-corrected chi connectivity index (χ2v) is 9.38. The van der Waals surface area contributed by atoms with E-state index in [1.165, 1.54) is 0 Å². The summed E-state index contributed by atoms with van der Waals surface area (Å²) in [5, 5.41) is 1.12. The van der Waals surface area contributed by atoms with Crippen LogP contribution in [0.3, 0.4) is 0 Å². The Morgan fingerprint density at radius 3 is 2.32 bits per heavy atom. The van der Waals surface area contributed by atoms with Gasteiger partial charge < -0.3 is 14.5 Å². The van der Waals surface area contributed by atoms with Gasteiger partial charge in [-0.25, -0.2) is 0 Å². The molecule has 3 saturated heterocycles. The Balaban J connectivity index is 1.31. The van der Waals surface area contributed by atoms with Crippen molar-refractivity contribution in [2.75, 3.05) is 39.4 Å². The van der Waals surface area contributed by atoms with Crippen molar-refractivity contribution in [3.63, 3.8) is 0 Å². The summed E-state index contributed by atoms with van der Waals surface area (Å²) in [5.41, 5.74) is 0.778. The highest BCUT2D eigenvalue weighted by Crippen LogP contribution is 2.34. The molecule has 0 radical (unpaired) electrons. The van der Waals surface area contributed by atoms with Crippen molar-refractivity contribution in [2.24, 2.45) is 11.3 Å². The van der Waals surface area contributed by atoms with Crippen molar-refractivity contribution in [1.82, 2.24) is 9.80 Å². The molecule has 1 atom stereocenters. The number of hydrogen-bond acceptors (Lipinski definition) is 3. The van der Waals surface area contributed by atoms with Gasteiger partial charge in [0.1, 0.15) is 0 Å². The van der Waals surface area contributed by atoms with Gasteiger partial charge in [0.05, 0.1) is 28.7 Å². The molecule has 3 fully saturated rings. The average molecular weight is 425 g/mol. The Morgan fingerprint density at radius 2 is 1.71 bits per heavy atom. The Bertz CT molecular complexity index is 773. The van der Waals surface area contributed by atoms with Gasteiger partial charge >= 0.3 is 0 Å². The number of carbonyl (C=O) groups is 2. The van der Waals surface area contributed by atoms with E-state index < -0.39 is 0 Å². The van der Waals surface area contributed by atoms with Crippen molar-refractivity contribution in [3.8, 4) is 0 Å². The summed E-state index contributed by atoms with van der Waals surface area (Å²) in [6.07, 6.45) is 2.43. The van der Waals surface area contributed by atoms with Gasteiger partial charge in [0.15, 0.2) is 0 Å². The van der Waals surface area contributed by atoms with Gasteiger partial charge in [0.2, 0.25) is 11.8 Å². The molecule has 7 heteroatoms. The van der Waals surface area contributed by atoms with E-state index in [2.05, 4.69) is 0 Å². The zero-order chi connectivity index (χ0) is 19.9. The lowest BCUT2D eigenvalue weighted by atomic mass is 9.85. The average Bonchev–Trinajstić information content (AvgIpc) is 3.17. The Kier molecular flexibility index (Phi) is 5.60. The third kappa shape index (κ3) is 3.77. The van der Waals surface area contributed by atoms with E-state index in [4.69, 9.17) is 27.9 Å². The first-order valence-electron chi connectivity index (χ1n) is 9.98. The first-order valence-corrected chi connectivity index (χ1v) is 10.7. The Hall–Kier alpha value is -1.30. The lowest BCUT2D eigenvalue weighted by molar-refractivity contribution is -0.170. The van der Waals surface area contributed by atoms with Gasteiger partial charge in [0, 0.05) is 38.0 Å². The monoisotopic (exact) mass is 424 g/mol. The minimum absolute atomic E-state index is 0.0158. The zero-order valence-corrected chi connectivity index (χ0v) is 17.6. The fourth-order valence-corrected chi connectivity index (χ4v) is 4.81. The molecule has 1 aromatic carbocycles. The number of halogens is 2. The zero-order valence-electron chi connectivity index (χ0n) is 16.1. The molecule has 2 amide bonds. The van der Waals surface area contributed by atoms with E-state index >= 15 is 0 Å². The van der Waals surface area contributed by atoms with E-state index in [-0.39, 0.29) is 23.1 Å². The summed E-state index contributed by atoms with van der Waals surface area (Å²) < 4.78 is 5.21. The van der Waals surface area contributed by atoms with Gasteiger partial charge in [-0.05, 0) is 43.9 Å². The normalized spacial score (nSPS) is 24.9. The summed E-state index contributed by atoms with van der Waals surface area (Å²) in [7, 11) is 0. The molecule has 3 aliphatic heterocycles. The van der Waals surface area contributed by atoms with Crippen LogP contribution in [0.5, 0.6) is 0 Å². The largest absolute Gasteiger partial charge is 0.379 e. The maximum absolute atomic E-state index is 13.0. The summed E-state index contributed by atoms with van der Waals surface area (Å²) in [5.74, 6) is 0.722. The van der Waals surface area contributed by atoms with Crippen LogP contribution in [0, 0.1) is 11.3 Å². The van der Waals surface area contributed by atoms with Gasteiger partial charge in [-0.15, -0.1) is 0 Å². The fraction of sp³-hybridized carbons (Fsp3) is 0.619. The van der Waals surface area contributed by atoms with Crippen LogP contribution in [-0.4, -0.2) is 61.0 Å². The minimum atomic E-state index is -0.362. The highest BCUT2D eigenvalue weighted by atomic mass is 35.5. The first-order chi connectivity index (χ1) is 13.4. The van der Waals surface area contributed by atoms with Gasteiger partial charge in [-0.2, -0.15) is 0 Å². The minimum Gasteiger partial charge on any atom is -0.379 e. The van der Waals surface area contributed by atoms with Crippen LogP contribution >= 0.6 is 23.2 Å². The van der Waals surface area contributed by atoms with E-state index in [0.29, 0.717) is 42.3 Å². The third-order valence-electron chi connectivity index (χ3n) is 6.40. The number of carbonyl (C=O) groups excluding carboxylic acids is 2. The highest BCUT2D eigenvalue weighted by Gasteiger charge is 2.44. The molecule has 3 heterocycles. The van der Waals surface area contributed by atoms with Crippen LogP contribution in [0.25, 0.3) is 0 Å². The Labute approximate surface area is 175 Å². The molecular weight excluding hydrogens is 399 g/mol. The molecule has 0 saturated carbocycles. The predicted octanol–water partition coefficient (Wildman–Crippen LogP) is 3.58. The molecule has 5 nitrogen and oxygen atoms in total. The quantitative estimate of drug-likeness (QED) is 0.744. The van der Waals surface area contributed by atoms with Crippen molar-refractivity contribution in [1.29, 1.82) is 0 Å². The predicted molar refractivity (Wildman–Crippen MR) is 109 cm³/mol. The van der Waals surface area contributed by atoms with E-state index in [1.807, 2.05) is 34.9 Å². The number of ether oxygens (including phenoxy) is 1. The molecule has 0 bridgehead atoms. The van der Waals surface area contributed by atoms with Crippen LogP contribution in [0.2, 0.25) is 10.0 Å². The lowest BCUT2D eigenvalue weighted by Crippen LogP contribution is -2.55. The third-order valence-corrected chi connectivity index (χ3v) is 7.14. The molecule has 0 aromatic heterocycles. The molecule has 0 N–H and O–H groups in total. The smallest absolute Gasteiger partial charge is 0.233 e. The van der Waals surface area contributed by atoms with Crippen LogP contribution in [0.4, 0.5) is 0 Å². The van der Waals surface area contributed by atoms with E-state index in [9.17, 15) is 9.59 Å². The number of likely N-dealkylation sites (tertiary alicyclic amines) is 2. The van der Waals surface area contributed by atoms with Crippen LogP contribution < -0.4 is 0 Å². The summed E-state index contributed by atoms with van der Waals surface area (Å²) in [6.45, 7) is 5.81. The van der Waals surface area contributed by atoms with Crippen molar-refractivity contribution in [2.45, 2.75) is 32.1 Å². The summed E-state index contributed by atoms with van der Waals surface area (Å²) >= 11 is 12.2. The number of benzene rings is 1. The van der Waals surface area contributed by atoms with Gasteiger partial charge in [-0.1, -0.05) is 29.3 Å². The molecule has 0 spiro atoms. The fourth-order valence-electron chi connectivity index (χ4n) is 4.50. The molecule has 0 aliphatic carbocycles. The highest BCUT2D eigenvalue weighted by molar-refractivity contribution is 6.42. The second kappa shape index (κ2) is 7.85. The van der Waals surface area contributed by atoms with Crippen LogP contribution in [0.1, 0.15) is 37.7 Å². The van der Waals surface area contributed by atoms with Gasteiger partial charge in [-0.3, -0.25) is 9.59 Å². The topological polar surface area (TPSA) is 49.9 Å². The SMILES string of the molecule is CC1(C(=O)N2CCC(C(=O)N3CC[C@H](c4ccc(Cl)c(Cl)c4)C3)CC2)COC1. The van der Waals surface area contributed by atoms with Crippen molar-refractivity contribution >= 4 is 35.0 Å². The number of piperidine rings is 1. The summed E-state index contributed by atoms with van der Waals surface area (Å²) in [4.78, 5) is 29.5. The first kappa shape index (κ1) is 20.0. The summed E-state index contributed by atoms with van der Waals surface area (Å²) in [6, 6.07) is 5.74. The molecular formula is C21H26Cl2N2O3. The molecule has 152 valence electrons. The van der Waals surface area contributed by atoms with Crippen LogP contribution in [-0.2, 0) is 14.3 Å². The molecule has 4 rings (SSSR count). The molecule has 1 aromatic rings. The van der Waals surface area contributed by atoms with Crippen LogP contribution in [0.15, 0.2) is 18.2 Å². The maximum atomic E-state index is 13.0. The van der Waals surface area contributed by atoms with Crippen molar-refractivity contribution < 1.29 is 14.3 Å². The lowest BCUT2D eigenvalue weighted by Gasteiger charge is -2.42. The second-order valence-electron chi connectivity index (χ2n) is 8.56. The van der Waals surface area contributed by atoms with Crippen molar-refractivity contribution in [3.05, 3.63) is 33.8 Å². The maximum Gasteiger partial charge on any atom is 0.233 e. The number of nitrogens with zero attached hydrogens (tertiary/aromatic N) is 2. The number of hydrogen-bond donors (Lipinski definition) is 0. The molecule has 3 aliphatic rings. The van der Waals surface area contributed by atoms with E-state index in [0.717, 1.165) is 37.9 Å². The molecule has 28 heavy (non-hydrogen) atoms. The van der Waals surface area contributed by atoms with Gasteiger partial charge in [0.25, 0.3) is 0 Å².